The fourth-order valence-electron chi connectivity index (χ4n) is 7.82. The van der Waals surface area contributed by atoms with E-state index in [2.05, 4.69) is 104 Å². The van der Waals surface area contributed by atoms with Gasteiger partial charge in [-0.25, -0.2) is 0 Å². The third kappa shape index (κ3) is 4.30. The molecule has 0 N–H and O–H groups in total. The van der Waals surface area contributed by atoms with Gasteiger partial charge in [0.15, 0.2) is 0 Å². The van der Waals surface area contributed by atoms with Gasteiger partial charge in [0.1, 0.15) is 0 Å². The Morgan fingerprint density at radius 1 is 0.538 bits per heavy atom. The average Bonchev–Trinajstić information content (AvgIpc) is 3.45. The summed E-state index contributed by atoms with van der Waals surface area (Å²) in [5.74, 6) is 0.743. The van der Waals surface area contributed by atoms with Gasteiger partial charge in [-0.15, -0.1) is 11.6 Å². The summed E-state index contributed by atoms with van der Waals surface area (Å²) in [6.07, 6.45) is 2.68. The molecule has 39 heavy (non-hydrogen) atoms. The van der Waals surface area contributed by atoms with Crippen LogP contribution in [0.4, 0.5) is 0 Å². The normalized spacial score (nSPS) is 23.5. The Morgan fingerprint density at radius 2 is 0.821 bits per heavy atom. The van der Waals surface area contributed by atoms with Gasteiger partial charge in [-0.1, -0.05) is 20.8 Å². The molecule has 2 unspecified atom stereocenters. The quantitative estimate of drug-likeness (QED) is 0.257. The number of hydrogen-bond acceptors (Lipinski definition) is 0. The van der Waals surface area contributed by atoms with Crippen molar-refractivity contribution in [3.8, 4) is 0 Å². The molecule has 210 valence electrons. The Labute approximate surface area is 256 Å². The molecule has 0 nitrogen and oxygen atoms in total. The van der Waals surface area contributed by atoms with Crippen LogP contribution in [0.3, 0.4) is 0 Å². The molecule has 2 aromatic carbocycles. The van der Waals surface area contributed by atoms with Gasteiger partial charge in [-0.2, -0.15) is 0 Å². The van der Waals surface area contributed by atoms with Crippen molar-refractivity contribution in [1.29, 1.82) is 0 Å². The van der Waals surface area contributed by atoms with E-state index >= 15 is 0 Å². The Morgan fingerprint density at radius 3 is 1.10 bits per heavy atom. The van der Waals surface area contributed by atoms with Gasteiger partial charge in [0.2, 0.25) is 0 Å². The minimum absolute atomic E-state index is 0.307. The summed E-state index contributed by atoms with van der Waals surface area (Å²) < 4.78 is 0.691. The van der Waals surface area contributed by atoms with Crippen LogP contribution in [-0.4, -0.2) is 5.88 Å². The molecule has 2 heteroatoms. The monoisotopic (exact) mass is 620 g/mol. The SMILES string of the molecule is CC(C)(C)CCl.CC1=C(C)[C]2(CC[C]3([Zr]2)C(C)=C(C)c2c(C)c(C)c(C)c(C)c23)c2c(C)c(C)c(C)c(C)c21. The van der Waals surface area contributed by atoms with E-state index in [-0.39, 0.29) is 0 Å². The third-order valence-electron chi connectivity index (χ3n) is 11.1. The number of halogens is 1. The van der Waals surface area contributed by atoms with Crippen LogP contribution in [0.25, 0.3) is 11.1 Å². The van der Waals surface area contributed by atoms with Crippen molar-refractivity contribution in [3.63, 3.8) is 0 Å². The van der Waals surface area contributed by atoms with E-state index in [4.69, 9.17) is 11.6 Å². The average molecular weight is 622 g/mol. The topological polar surface area (TPSA) is 0 Å². The van der Waals surface area contributed by atoms with Gasteiger partial charge in [0, 0.05) is 5.88 Å². The van der Waals surface area contributed by atoms with E-state index in [1.807, 2.05) is 0 Å². The second-order valence-corrected chi connectivity index (χ2v) is 19.2. The summed E-state index contributed by atoms with van der Waals surface area (Å²) in [5, 5.41) is 0. The van der Waals surface area contributed by atoms with Crippen molar-refractivity contribution in [1.82, 2.24) is 0 Å². The van der Waals surface area contributed by atoms with Crippen LogP contribution in [0.15, 0.2) is 11.1 Å². The Bertz CT molecular complexity index is 1350. The molecule has 0 amide bonds. The van der Waals surface area contributed by atoms with Gasteiger partial charge in [-0.05, 0) is 5.41 Å². The van der Waals surface area contributed by atoms with E-state index in [0.717, 1.165) is 5.88 Å². The number of alkyl halides is 1. The van der Waals surface area contributed by atoms with E-state index in [1.54, 1.807) is 55.7 Å². The summed E-state index contributed by atoms with van der Waals surface area (Å²) in [6, 6.07) is 0. The van der Waals surface area contributed by atoms with Crippen LogP contribution in [0.2, 0.25) is 0 Å². The van der Waals surface area contributed by atoms with Gasteiger partial charge in [0.25, 0.3) is 0 Å². The maximum absolute atomic E-state index is 5.48. The molecule has 2 spiro atoms. The van der Waals surface area contributed by atoms with Crippen LogP contribution in [0.1, 0.15) is 128 Å². The molecule has 0 saturated carbocycles. The maximum atomic E-state index is 5.48. The molecule has 0 radical (unpaired) electrons. The molecular weight excluding hydrogens is 571 g/mol. The van der Waals surface area contributed by atoms with Crippen LogP contribution in [0.5, 0.6) is 0 Å². The third-order valence-corrected chi connectivity index (χ3v) is 18.3. The van der Waals surface area contributed by atoms with Gasteiger partial charge in [-0.3, -0.25) is 0 Å². The van der Waals surface area contributed by atoms with Crippen molar-refractivity contribution >= 4 is 22.7 Å². The molecule has 1 aliphatic heterocycles. The van der Waals surface area contributed by atoms with Crippen molar-refractivity contribution < 1.29 is 23.2 Å². The standard InChI is InChI=1S/C32H40.C5H11Cl.Zr/c1-15-17(3)23(9)31-27(19(5)25(11)29(31)21(15)7)13-14-28-20(6)26(12)30-22(8)16(2)18(4)24(10)32(28)30;1-5(2,3)4-6;/h13-14H2,1-12H3;4H2,1-3H3;. The van der Waals surface area contributed by atoms with E-state index < -0.39 is 23.2 Å². The number of fused-ring (bicyclic) bond motifs is 4. The predicted molar refractivity (Wildman–Crippen MR) is 170 cm³/mol. The first kappa shape index (κ1) is 31.0. The van der Waals surface area contributed by atoms with Crippen molar-refractivity contribution in [2.45, 2.75) is 123 Å². The second kappa shape index (κ2) is 10.1. The Hall–Kier alpha value is -0.907. The molecule has 0 bridgehead atoms. The summed E-state index contributed by atoms with van der Waals surface area (Å²) in [6.45, 7) is 35.2. The van der Waals surface area contributed by atoms with Gasteiger partial charge >= 0.3 is 214 Å². The van der Waals surface area contributed by atoms with E-state index in [0.29, 0.717) is 11.7 Å². The molecule has 2 aromatic rings. The molecule has 1 fully saturated rings. The fraction of sp³-hybridized carbons (Fsp3) is 0.568. The fourth-order valence-corrected chi connectivity index (χ4v) is 14.8. The first-order chi connectivity index (χ1) is 17.9. The van der Waals surface area contributed by atoms with Gasteiger partial charge in [0.05, 0.1) is 0 Å². The van der Waals surface area contributed by atoms with Crippen LogP contribution < -0.4 is 0 Å². The van der Waals surface area contributed by atoms with Crippen LogP contribution in [-0.2, 0) is 29.5 Å². The molecule has 5 rings (SSSR count). The molecule has 1 saturated heterocycles. The summed E-state index contributed by atoms with van der Waals surface area (Å²) >= 11 is 4.54. The minimum atomic E-state index is -0.938. The zero-order chi connectivity index (χ0) is 29.6. The Balaban J connectivity index is 0.000000531. The molecule has 2 atom stereocenters. The van der Waals surface area contributed by atoms with Crippen molar-refractivity contribution in [3.05, 3.63) is 77.9 Å². The van der Waals surface area contributed by atoms with Crippen LogP contribution in [0, 0.1) is 60.8 Å². The van der Waals surface area contributed by atoms with Crippen molar-refractivity contribution in [2.24, 2.45) is 5.41 Å². The zero-order valence-electron chi connectivity index (χ0n) is 27.5. The van der Waals surface area contributed by atoms with Crippen LogP contribution >= 0.6 is 11.6 Å². The first-order valence-electron chi connectivity index (χ1n) is 14.8. The molecule has 1 heterocycles. The molecule has 3 aliphatic rings. The molecule has 0 aromatic heterocycles. The first-order valence-corrected chi connectivity index (χ1v) is 17.8. The van der Waals surface area contributed by atoms with Crippen molar-refractivity contribution in [2.75, 3.05) is 5.88 Å². The summed E-state index contributed by atoms with van der Waals surface area (Å²) in [7, 11) is 0. The molecular formula is C37H51ClZr. The zero-order valence-corrected chi connectivity index (χ0v) is 30.7. The van der Waals surface area contributed by atoms with Gasteiger partial charge < -0.3 is 0 Å². The molecule has 2 aliphatic carbocycles. The Kier molecular flexibility index (Phi) is 8.06. The number of benzene rings is 2. The number of allylic oxidation sites excluding steroid dienone is 4. The van der Waals surface area contributed by atoms with E-state index in [9.17, 15) is 0 Å². The summed E-state index contributed by atoms with van der Waals surface area (Å²) in [5.41, 5.74) is 26.0. The number of rotatable bonds is 0. The van der Waals surface area contributed by atoms with E-state index in [1.165, 1.54) is 46.2 Å². The summed E-state index contributed by atoms with van der Waals surface area (Å²) in [4.78, 5) is 0. The predicted octanol–water partition coefficient (Wildman–Crippen LogP) is 11.0. The number of hydrogen-bond donors (Lipinski definition) is 0. The second-order valence-electron chi connectivity index (χ2n) is 14.1.